The van der Waals surface area contributed by atoms with Gasteiger partial charge in [0.05, 0.1) is 18.4 Å². The molecule has 2 heterocycles. The number of aromatic nitrogens is 2. The Hall–Kier alpha value is -3.25. The van der Waals surface area contributed by atoms with Gasteiger partial charge in [0.1, 0.15) is 11.5 Å². The normalized spacial score (nSPS) is 10.7. The SMILES string of the molecule is CN(C)CCN(Cc1ccccn1)C(=O)c1ccc(Oc2cccnc2)cc1. The van der Waals surface area contributed by atoms with Crippen LogP contribution in [0.4, 0.5) is 0 Å². The van der Waals surface area contributed by atoms with Gasteiger partial charge >= 0.3 is 0 Å². The molecule has 0 spiro atoms. The molecule has 3 aromatic rings. The Kier molecular flexibility index (Phi) is 6.70. The number of likely N-dealkylation sites (N-methyl/N-ethyl adjacent to an activating group) is 1. The monoisotopic (exact) mass is 376 g/mol. The summed E-state index contributed by atoms with van der Waals surface area (Å²) in [4.78, 5) is 25.3. The van der Waals surface area contributed by atoms with Crippen LogP contribution in [-0.2, 0) is 6.54 Å². The highest BCUT2D eigenvalue weighted by atomic mass is 16.5. The second-order valence-electron chi connectivity index (χ2n) is 6.67. The predicted molar refractivity (Wildman–Crippen MR) is 108 cm³/mol. The lowest BCUT2D eigenvalue weighted by Crippen LogP contribution is -2.36. The lowest BCUT2D eigenvalue weighted by atomic mass is 10.1. The van der Waals surface area contributed by atoms with Gasteiger partial charge in [0.25, 0.3) is 5.91 Å². The van der Waals surface area contributed by atoms with Crippen molar-refractivity contribution in [3.8, 4) is 11.5 Å². The van der Waals surface area contributed by atoms with Crippen molar-refractivity contribution in [1.82, 2.24) is 19.8 Å². The summed E-state index contributed by atoms with van der Waals surface area (Å²) < 4.78 is 5.74. The summed E-state index contributed by atoms with van der Waals surface area (Å²) in [5.74, 6) is 1.29. The van der Waals surface area contributed by atoms with E-state index in [0.29, 0.717) is 30.2 Å². The molecule has 144 valence electrons. The van der Waals surface area contributed by atoms with Crippen LogP contribution < -0.4 is 4.74 Å². The Bertz CT molecular complexity index is 868. The molecule has 1 aromatic carbocycles. The van der Waals surface area contributed by atoms with Gasteiger partial charge in [-0.25, -0.2) is 0 Å². The van der Waals surface area contributed by atoms with Crippen LogP contribution in [0.1, 0.15) is 16.1 Å². The van der Waals surface area contributed by atoms with Gasteiger partial charge < -0.3 is 14.5 Å². The first kappa shape index (κ1) is 19.5. The minimum Gasteiger partial charge on any atom is -0.456 e. The highest BCUT2D eigenvalue weighted by Gasteiger charge is 2.17. The summed E-state index contributed by atoms with van der Waals surface area (Å²) in [6, 6.07) is 16.6. The molecular weight excluding hydrogens is 352 g/mol. The molecule has 6 nitrogen and oxygen atoms in total. The molecule has 0 aliphatic rings. The van der Waals surface area contributed by atoms with Crippen LogP contribution in [0.2, 0.25) is 0 Å². The van der Waals surface area contributed by atoms with Gasteiger partial charge in [-0.05, 0) is 62.6 Å². The van der Waals surface area contributed by atoms with Gasteiger partial charge in [0, 0.05) is 31.0 Å². The van der Waals surface area contributed by atoms with Gasteiger partial charge in [0.15, 0.2) is 0 Å². The molecule has 3 rings (SSSR count). The number of ether oxygens (including phenoxy) is 1. The molecule has 0 atom stereocenters. The summed E-state index contributed by atoms with van der Waals surface area (Å²) in [7, 11) is 3.99. The van der Waals surface area contributed by atoms with Crippen molar-refractivity contribution in [2.45, 2.75) is 6.54 Å². The van der Waals surface area contributed by atoms with Crippen LogP contribution in [0.25, 0.3) is 0 Å². The van der Waals surface area contributed by atoms with Crippen molar-refractivity contribution < 1.29 is 9.53 Å². The van der Waals surface area contributed by atoms with E-state index in [9.17, 15) is 4.79 Å². The molecule has 1 amide bonds. The van der Waals surface area contributed by atoms with E-state index in [1.807, 2.05) is 49.3 Å². The third kappa shape index (κ3) is 5.62. The first-order valence-corrected chi connectivity index (χ1v) is 9.13. The molecule has 0 bridgehead atoms. The smallest absolute Gasteiger partial charge is 0.254 e. The van der Waals surface area contributed by atoms with Crippen molar-refractivity contribution in [2.75, 3.05) is 27.2 Å². The predicted octanol–water partition coefficient (Wildman–Crippen LogP) is 3.47. The zero-order chi connectivity index (χ0) is 19.8. The second-order valence-corrected chi connectivity index (χ2v) is 6.67. The number of rotatable bonds is 8. The first-order chi connectivity index (χ1) is 13.6. The zero-order valence-corrected chi connectivity index (χ0v) is 16.2. The number of amides is 1. The Morgan fingerprint density at radius 2 is 1.75 bits per heavy atom. The Balaban J connectivity index is 1.71. The maximum Gasteiger partial charge on any atom is 0.254 e. The van der Waals surface area contributed by atoms with E-state index in [1.54, 1.807) is 42.9 Å². The Labute approximate surface area is 165 Å². The molecule has 6 heteroatoms. The number of pyridine rings is 2. The van der Waals surface area contributed by atoms with E-state index in [-0.39, 0.29) is 5.91 Å². The van der Waals surface area contributed by atoms with Crippen molar-refractivity contribution in [2.24, 2.45) is 0 Å². The first-order valence-electron chi connectivity index (χ1n) is 9.13. The second kappa shape index (κ2) is 9.62. The molecule has 0 unspecified atom stereocenters. The van der Waals surface area contributed by atoms with Crippen molar-refractivity contribution in [3.63, 3.8) is 0 Å². The summed E-state index contributed by atoms with van der Waals surface area (Å²) in [6.45, 7) is 1.87. The maximum absolute atomic E-state index is 13.1. The average molecular weight is 376 g/mol. The standard InChI is InChI=1S/C22H24N4O2/c1-25(2)14-15-26(17-19-6-3-4-13-24-19)22(27)18-8-10-20(11-9-18)28-21-7-5-12-23-16-21/h3-13,16H,14-15,17H2,1-2H3. The van der Waals surface area contributed by atoms with Crippen molar-refractivity contribution in [3.05, 3.63) is 84.4 Å². The molecule has 0 fully saturated rings. The van der Waals surface area contributed by atoms with Crippen LogP contribution in [0.5, 0.6) is 11.5 Å². The van der Waals surface area contributed by atoms with Crippen LogP contribution in [-0.4, -0.2) is 52.9 Å². The Morgan fingerprint density at radius 3 is 2.39 bits per heavy atom. The Morgan fingerprint density at radius 1 is 0.929 bits per heavy atom. The molecular formula is C22H24N4O2. The fourth-order valence-corrected chi connectivity index (χ4v) is 2.65. The largest absolute Gasteiger partial charge is 0.456 e. The molecule has 0 aliphatic heterocycles. The highest BCUT2D eigenvalue weighted by molar-refractivity contribution is 5.94. The fraction of sp³-hybridized carbons (Fsp3) is 0.227. The van der Waals surface area contributed by atoms with E-state index >= 15 is 0 Å². The van der Waals surface area contributed by atoms with Crippen LogP contribution in [0.15, 0.2) is 73.2 Å². The molecule has 0 radical (unpaired) electrons. The fourth-order valence-electron chi connectivity index (χ4n) is 2.65. The van der Waals surface area contributed by atoms with E-state index in [1.165, 1.54) is 0 Å². The highest BCUT2D eigenvalue weighted by Crippen LogP contribution is 2.21. The quantitative estimate of drug-likeness (QED) is 0.602. The minimum absolute atomic E-state index is 0.0274. The molecule has 0 saturated carbocycles. The van der Waals surface area contributed by atoms with Crippen LogP contribution >= 0.6 is 0 Å². The number of benzene rings is 1. The van der Waals surface area contributed by atoms with Gasteiger partial charge in [-0.2, -0.15) is 0 Å². The van der Waals surface area contributed by atoms with E-state index in [0.717, 1.165) is 12.2 Å². The summed E-state index contributed by atoms with van der Waals surface area (Å²) in [5, 5.41) is 0. The lowest BCUT2D eigenvalue weighted by molar-refractivity contribution is 0.0730. The van der Waals surface area contributed by atoms with Crippen LogP contribution in [0.3, 0.4) is 0 Å². The van der Waals surface area contributed by atoms with Gasteiger partial charge in [-0.3, -0.25) is 14.8 Å². The summed E-state index contributed by atoms with van der Waals surface area (Å²) in [6.07, 6.45) is 5.09. The van der Waals surface area contributed by atoms with E-state index < -0.39 is 0 Å². The molecule has 0 aliphatic carbocycles. The van der Waals surface area contributed by atoms with E-state index in [2.05, 4.69) is 14.9 Å². The number of hydrogen-bond acceptors (Lipinski definition) is 5. The summed E-state index contributed by atoms with van der Waals surface area (Å²) >= 11 is 0. The topological polar surface area (TPSA) is 58.6 Å². The number of carbonyl (C=O) groups excluding carboxylic acids is 1. The third-order valence-corrected chi connectivity index (χ3v) is 4.15. The zero-order valence-electron chi connectivity index (χ0n) is 16.2. The lowest BCUT2D eigenvalue weighted by Gasteiger charge is -2.24. The minimum atomic E-state index is -0.0274. The molecule has 0 saturated heterocycles. The molecule has 28 heavy (non-hydrogen) atoms. The van der Waals surface area contributed by atoms with Gasteiger partial charge in [-0.15, -0.1) is 0 Å². The van der Waals surface area contributed by atoms with E-state index in [4.69, 9.17) is 4.74 Å². The van der Waals surface area contributed by atoms with Crippen molar-refractivity contribution in [1.29, 1.82) is 0 Å². The van der Waals surface area contributed by atoms with Gasteiger partial charge in [0.2, 0.25) is 0 Å². The third-order valence-electron chi connectivity index (χ3n) is 4.15. The number of nitrogens with zero attached hydrogens (tertiary/aromatic N) is 4. The van der Waals surface area contributed by atoms with Gasteiger partial charge in [-0.1, -0.05) is 6.07 Å². The summed E-state index contributed by atoms with van der Waals surface area (Å²) in [5.41, 5.74) is 1.49. The number of hydrogen-bond donors (Lipinski definition) is 0. The van der Waals surface area contributed by atoms with Crippen LogP contribution in [0, 0.1) is 0 Å². The number of carbonyl (C=O) groups is 1. The maximum atomic E-state index is 13.1. The average Bonchev–Trinajstić information content (AvgIpc) is 2.72. The molecule has 0 N–H and O–H groups in total. The molecule has 2 aromatic heterocycles. The van der Waals surface area contributed by atoms with Crippen molar-refractivity contribution >= 4 is 5.91 Å².